The summed E-state index contributed by atoms with van der Waals surface area (Å²) in [6.07, 6.45) is 7.24. The van der Waals surface area contributed by atoms with E-state index in [1.165, 1.54) is 18.2 Å². The summed E-state index contributed by atoms with van der Waals surface area (Å²) in [6, 6.07) is 2.69. The molecule has 0 aliphatic heterocycles. The van der Waals surface area contributed by atoms with Crippen LogP contribution in [0.2, 0.25) is 0 Å². The number of nitro groups is 2. The molecule has 8 heteroatoms. The number of hydrogen-bond acceptors (Lipinski definition) is 6. The third kappa shape index (κ3) is 5.65. The first kappa shape index (κ1) is 21.3. The minimum Gasteiger partial charge on any atom is -0.416 e. The van der Waals surface area contributed by atoms with Crippen LogP contribution in [-0.4, -0.2) is 15.8 Å². The van der Waals surface area contributed by atoms with Crippen LogP contribution in [0.1, 0.15) is 64.4 Å². The molecule has 26 heavy (non-hydrogen) atoms. The van der Waals surface area contributed by atoms with Gasteiger partial charge in [-0.1, -0.05) is 45.6 Å². The molecule has 0 radical (unpaired) electrons. The van der Waals surface area contributed by atoms with Gasteiger partial charge in [0.15, 0.2) is 0 Å². The molecule has 0 bridgehead atoms. The quantitative estimate of drug-likeness (QED) is 0.143. The van der Waals surface area contributed by atoms with Crippen LogP contribution in [0.5, 0.6) is 5.75 Å². The fraction of sp³-hybridized carbons (Fsp3) is 0.500. The first-order valence-corrected chi connectivity index (χ1v) is 8.63. The lowest BCUT2D eigenvalue weighted by molar-refractivity contribution is -0.423. The second kappa shape index (κ2) is 10.3. The summed E-state index contributed by atoms with van der Waals surface area (Å²) in [7, 11) is 0. The van der Waals surface area contributed by atoms with Gasteiger partial charge in [-0.2, -0.15) is 0 Å². The van der Waals surface area contributed by atoms with Gasteiger partial charge in [0.1, 0.15) is 0 Å². The maximum atomic E-state index is 11.6. The minimum atomic E-state index is -0.871. The zero-order valence-corrected chi connectivity index (χ0v) is 15.3. The molecule has 1 atom stereocenters. The summed E-state index contributed by atoms with van der Waals surface area (Å²) in [5.41, 5.74) is -1.11. The minimum absolute atomic E-state index is 0.216. The van der Waals surface area contributed by atoms with E-state index in [-0.39, 0.29) is 11.5 Å². The maximum Gasteiger partial charge on any atom is 0.388 e. The van der Waals surface area contributed by atoms with E-state index < -0.39 is 32.9 Å². The number of nitrogens with zero attached hydrogens (tertiary/aromatic N) is 2. The molecule has 1 aromatic rings. The van der Waals surface area contributed by atoms with Gasteiger partial charge in [-0.25, -0.2) is 4.79 Å². The van der Waals surface area contributed by atoms with Crippen molar-refractivity contribution in [3.8, 4) is 5.75 Å². The zero-order chi connectivity index (χ0) is 19.7. The highest BCUT2D eigenvalue weighted by Crippen LogP contribution is 2.43. The number of carbonyl (C=O) groups is 1. The Morgan fingerprint density at radius 3 is 2.35 bits per heavy atom. The predicted octanol–water partition coefficient (Wildman–Crippen LogP) is 5.06. The lowest BCUT2D eigenvalue weighted by Crippen LogP contribution is -2.09. The van der Waals surface area contributed by atoms with Crippen LogP contribution in [0.3, 0.4) is 0 Å². The van der Waals surface area contributed by atoms with Gasteiger partial charge in [-0.05, 0) is 31.4 Å². The Kier molecular flexibility index (Phi) is 8.41. The fourth-order valence-electron chi connectivity index (χ4n) is 2.74. The van der Waals surface area contributed by atoms with Crippen LogP contribution >= 0.6 is 0 Å². The number of nitro benzene ring substituents is 2. The predicted molar refractivity (Wildman–Crippen MR) is 97.4 cm³/mol. The molecule has 0 N–H and O–H groups in total. The molecular formula is C18H24N2O6. The van der Waals surface area contributed by atoms with Crippen LogP contribution in [0.25, 0.3) is 0 Å². The Morgan fingerprint density at radius 2 is 1.81 bits per heavy atom. The smallest absolute Gasteiger partial charge is 0.388 e. The Labute approximate surface area is 152 Å². The molecule has 0 saturated heterocycles. The van der Waals surface area contributed by atoms with E-state index in [4.69, 9.17) is 4.74 Å². The van der Waals surface area contributed by atoms with Crippen molar-refractivity contribution >= 4 is 17.3 Å². The van der Waals surface area contributed by atoms with E-state index in [1.807, 2.05) is 6.92 Å². The summed E-state index contributed by atoms with van der Waals surface area (Å²) in [5.74, 6) is -1.47. The highest BCUT2D eigenvalue weighted by atomic mass is 16.6. The molecule has 1 unspecified atom stereocenters. The normalized spacial score (nSPS) is 12.1. The van der Waals surface area contributed by atoms with E-state index in [0.29, 0.717) is 6.42 Å². The van der Waals surface area contributed by atoms with E-state index in [2.05, 4.69) is 6.92 Å². The van der Waals surface area contributed by atoms with Crippen LogP contribution in [0, 0.1) is 20.2 Å². The third-order valence-electron chi connectivity index (χ3n) is 4.05. The molecular weight excluding hydrogens is 340 g/mol. The molecule has 0 fully saturated rings. The number of hydrogen-bond donors (Lipinski definition) is 0. The summed E-state index contributed by atoms with van der Waals surface area (Å²) in [4.78, 5) is 32.9. The van der Waals surface area contributed by atoms with Gasteiger partial charge >= 0.3 is 17.3 Å². The summed E-state index contributed by atoms with van der Waals surface area (Å²) < 4.78 is 4.91. The summed E-state index contributed by atoms with van der Waals surface area (Å²) >= 11 is 0. The van der Waals surface area contributed by atoms with Crippen molar-refractivity contribution in [2.24, 2.45) is 0 Å². The average Bonchev–Trinajstić information content (AvgIpc) is 2.57. The first-order chi connectivity index (χ1) is 12.3. The fourth-order valence-corrected chi connectivity index (χ4v) is 2.74. The van der Waals surface area contributed by atoms with E-state index in [9.17, 15) is 25.0 Å². The Balaban J connectivity index is 3.28. The Morgan fingerprint density at radius 1 is 1.15 bits per heavy atom. The van der Waals surface area contributed by atoms with Crippen LogP contribution in [-0.2, 0) is 4.79 Å². The second-order valence-electron chi connectivity index (χ2n) is 6.04. The van der Waals surface area contributed by atoms with Crippen molar-refractivity contribution in [2.75, 3.05) is 0 Å². The molecule has 1 rings (SSSR count). The lowest BCUT2D eigenvalue weighted by atomic mass is 9.92. The molecule has 0 saturated carbocycles. The number of esters is 1. The van der Waals surface area contributed by atoms with Crippen molar-refractivity contribution < 1.29 is 19.4 Å². The molecule has 0 amide bonds. The monoisotopic (exact) mass is 364 g/mol. The molecule has 0 aliphatic carbocycles. The first-order valence-electron chi connectivity index (χ1n) is 8.63. The number of benzene rings is 1. The lowest BCUT2D eigenvalue weighted by Gasteiger charge is -2.13. The molecule has 0 spiro atoms. The standard InChI is InChI=1S/C18H24N2O6/c1-4-6-7-8-10-13(3)14-11-12-15(26-16(21)9-5-2)18(20(24)25)17(14)19(22)23/h5,9,11-13H,4,6-8,10H2,1-3H3/b9-5+. The van der Waals surface area contributed by atoms with Crippen molar-refractivity contribution in [3.63, 3.8) is 0 Å². The van der Waals surface area contributed by atoms with E-state index >= 15 is 0 Å². The number of allylic oxidation sites excluding steroid dienone is 1. The third-order valence-corrected chi connectivity index (χ3v) is 4.05. The number of carbonyl (C=O) groups excluding carboxylic acids is 1. The molecule has 0 heterocycles. The Hall–Kier alpha value is -2.77. The maximum absolute atomic E-state index is 11.6. The summed E-state index contributed by atoms with van der Waals surface area (Å²) in [5, 5.41) is 23.0. The number of rotatable bonds is 10. The van der Waals surface area contributed by atoms with Gasteiger partial charge < -0.3 is 4.74 Å². The molecule has 142 valence electrons. The van der Waals surface area contributed by atoms with Gasteiger partial charge in [0, 0.05) is 11.6 Å². The van der Waals surface area contributed by atoms with Crippen LogP contribution < -0.4 is 4.74 Å². The largest absolute Gasteiger partial charge is 0.416 e. The second-order valence-corrected chi connectivity index (χ2v) is 6.04. The van der Waals surface area contributed by atoms with Crippen molar-refractivity contribution in [1.82, 2.24) is 0 Å². The molecule has 0 aliphatic rings. The van der Waals surface area contributed by atoms with Gasteiger partial charge in [-0.15, -0.1) is 0 Å². The summed E-state index contributed by atoms with van der Waals surface area (Å²) in [6.45, 7) is 5.48. The highest BCUT2D eigenvalue weighted by molar-refractivity contribution is 5.85. The SMILES string of the molecule is C/C=C/C(=O)Oc1ccc(C(C)CCCCCC)c([N+](=O)[O-])c1[N+](=O)[O-]. The zero-order valence-electron chi connectivity index (χ0n) is 15.3. The molecule has 8 nitrogen and oxygen atoms in total. The van der Waals surface area contributed by atoms with E-state index in [0.717, 1.165) is 31.8 Å². The molecule has 0 aromatic heterocycles. The van der Waals surface area contributed by atoms with Crippen molar-refractivity contribution in [3.05, 3.63) is 50.1 Å². The Bertz CT molecular complexity index is 699. The molecule has 1 aromatic carbocycles. The van der Waals surface area contributed by atoms with Gasteiger partial charge in [-0.3, -0.25) is 20.2 Å². The number of unbranched alkanes of at least 4 members (excludes halogenated alkanes) is 3. The van der Waals surface area contributed by atoms with Crippen LogP contribution in [0.4, 0.5) is 11.4 Å². The van der Waals surface area contributed by atoms with Crippen molar-refractivity contribution in [1.29, 1.82) is 0 Å². The number of ether oxygens (including phenoxy) is 1. The van der Waals surface area contributed by atoms with Crippen LogP contribution in [0.15, 0.2) is 24.3 Å². The van der Waals surface area contributed by atoms with Crippen molar-refractivity contribution in [2.45, 2.75) is 58.8 Å². The van der Waals surface area contributed by atoms with Gasteiger partial charge in [0.25, 0.3) is 0 Å². The average molecular weight is 364 g/mol. The van der Waals surface area contributed by atoms with Gasteiger partial charge in [0.2, 0.25) is 5.75 Å². The topological polar surface area (TPSA) is 113 Å². The van der Waals surface area contributed by atoms with Gasteiger partial charge in [0.05, 0.1) is 9.85 Å². The highest BCUT2D eigenvalue weighted by Gasteiger charge is 2.35. The van der Waals surface area contributed by atoms with E-state index in [1.54, 1.807) is 6.92 Å².